The number of hydrogen-bond acceptors (Lipinski definition) is 3. The maximum absolute atomic E-state index is 12.1. The van der Waals surface area contributed by atoms with Gasteiger partial charge in [-0.2, -0.15) is 5.10 Å². The van der Waals surface area contributed by atoms with Crippen molar-refractivity contribution in [2.24, 2.45) is 0 Å². The molecule has 0 radical (unpaired) electrons. The SMILES string of the molecule is COC(=O)c1cc(CBr)cc(Cc2c(-c3ccccc3)nn3cc(C)ccc23)c1. The van der Waals surface area contributed by atoms with Gasteiger partial charge in [-0.3, -0.25) is 0 Å². The van der Waals surface area contributed by atoms with E-state index in [2.05, 4.69) is 53.2 Å². The van der Waals surface area contributed by atoms with Crippen LogP contribution in [0.3, 0.4) is 0 Å². The van der Waals surface area contributed by atoms with Crippen molar-refractivity contribution in [3.05, 3.63) is 94.7 Å². The number of esters is 1. The van der Waals surface area contributed by atoms with Crippen LogP contribution in [0.2, 0.25) is 0 Å². The third kappa shape index (κ3) is 3.96. The average Bonchev–Trinajstić information content (AvgIpc) is 3.10. The van der Waals surface area contributed by atoms with Gasteiger partial charge in [-0.15, -0.1) is 0 Å². The van der Waals surface area contributed by atoms with E-state index >= 15 is 0 Å². The van der Waals surface area contributed by atoms with Crippen LogP contribution >= 0.6 is 15.9 Å². The first-order valence-corrected chi connectivity index (χ1v) is 10.5. The third-order valence-electron chi connectivity index (χ3n) is 4.94. The van der Waals surface area contributed by atoms with E-state index in [9.17, 15) is 4.79 Å². The molecule has 0 unspecified atom stereocenters. The molecule has 146 valence electrons. The molecule has 4 rings (SSSR count). The van der Waals surface area contributed by atoms with Crippen molar-refractivity contribution in [3.8, 4) is 11.3 Å². The van der Waals surface area contributed by atoms with E-state index < -0.39 is 0 Å². The van der Waals surface area contributed by atoms with Crippen molar-refractivity contribution < 1.29 is 9.53 Å². The summed E-state index contributed by atoms with van der Waals surface area (Å²) in [5.74, 6) is -0.326. The predicted octanol–water partition coefficient (Wildman–Crippen LogP) is 5.58. The highest BCUT2D eigenvalue weighted by Crippen LogP contribution is 2.29. The highest BCUT2D eigenvalue weighted by Gasteiger charge is 2.17. The molecule has 4 nitrogen and oxygen atoms in total. The van der Waals surface area contributed by atoms with Gasteiger partial charge in [-0.05, 0) is 41.8 Å². The Kier molecular flexibility index (Phi) is 5.49. The number of rotatable bonds is 5. The molecule has 0 spiro atoms. The minimum absolute atomic E-state index is 0.326. The average molecular weight is 449 g/mol. The number of hydrogen-bond donors (Lipinski definition) is 0. The molecule has 4 aromatic rings. The standard InChI is InChI=1S/C24H21BrN2O2/c1-16-8-9-22-21(23(26-27(22)15-16)19-6-4-3-5-7-19)13-17-10-18(14-25)12-20(11-17)24(28)29-2/h3-12,15H,13-14H2,1-2H3. The van der Waals surface area contributed by atoms with Crippen LogP contribution in [0.5, 0.6) is 0 Å². The quantitative estimate of drug-likeness (QED) is 0.295. The Bertz CT molecular complexity index is 1180. The van der Waals surface area contributed by atoms with Crippen molar-refractivity contribution in [2.45, 2.75) is 18.7 Å². The van der Waals surface area contributed by atoms with E-state index in [1.165, 1.54) is 7.11 Å². The zero-order valence-electron chi connectivity index (χ0n) is 16.4. The number of halogens is 1. The number of pyridine rings is 1. The molecule has 5 heteroatoms. The van der Waals surface area contributed by atoms with Gasteiger partial charge in [0, 0.05) is 29.1 Å². The maximum Gasteiger partial charge on any atom is 0.337 e. The number of nitrogens with zero attached hydrogens (tertiary/aromatic N) is 2. The van der Waals surface area contributed by atoms with Crippen molar-refractivity contribution >= 4 is 27.4 Å². The van der Waals surface area contributed by atoms with Crippen molar-refractivity contribution in [1.29, 1.82) is 0 Å². The number of fused-ring (bicyclic) bond motifs is 1. The van der Waals surface area contributed by atoms with Crippen LogP contribution in [0, 0.1) is 6.92 Å². The first-order chi connectivity index (χ1) is 14.1. The van der Waals surface area contributed by atoms with Gasteiger partial charge in [-0.25, -0.2) is 9.31 Å². The lowest BCUT2D eigenvalue weighted by atomic mass is 9.97. The lowest BCUT2D eigenvalue weighted by Gasteiger charge is -2.09. The second kappa shape index (κ2) is 8.21. The van der Waals surface area contributed by atoms with Gasteiger partial charge in [0.1, 0.15) is 0 Å². The first kappa shape index (κ1) is 19.4. The van der Waals surface area contributed by atoms with Gasteiger partial charge in [0.05, 0.1) is 23.9 Å². The van der Waals surface area contributed by atoms with E-state index in [0.717, 1.165) is 39.0 Å². The Labute approximate surface area is 178 Å². The van der Waals surface area contributed by atoms with Gasteiger partial charge in [0.25, 0.3) is 0 Å². The predicted molar refractivity (Wildman–Crippen MR) is 119 cm³/mol. The zero-order valence-corrected chi connectivity index (χ0v) is 17.9. The lowest BCUT2D eigenvalue weighted by molar-refractivity contribution is 0.0600. The lowest BCUT2D eigenvalue weighted by Crippen LogP contribution is -2.03. The van der Waals surface area contributed by atoms with Crippen LogP contribution in [0.15, 0.2) is 66.9 Å². The summed E-state index contributed by atoms with van der Waals surface area (Å²) < 4.78 is 6.88. The molecule has 0 saturated carbocycles. The highest BCUT2D eigenvalue weighted by molar-refractivity contribution is 9.08. The molecular weight excluding hydrogens is 428 g/mol. The van der Waals surface area contributed by atoms with Gasteiger partial charge >= 0.3 is 5.97 Å². The van der Waals surface area contributed by atoms with E-state index in [0.29, 0.717) is 17.3 Å². The number of aryl methyl sites for hydroxylation is 1. The van der Waals surface area contributed by atoms with Crippen molar-refractivity contribution in [2.75, 3.05) is 7.11 Å². The topological polar surface area (TPSA) is 43.6 Å². The molecule has 2 aromatic heterocycles. The maximum atomic E-state index is 12.1. The summed E-state index contributed by atoms with van der Waals surface area (Å²) in [6.07, 6.45) is 2.71. The Morgan fingerprint density at radius 1 is 1.07 bits per heavy atom. The molecular formula is C24H21BrN2O2. The molecule has 0 saturated heterocycles. The van der Waals surface area contributed by atoms with Crippen LogP contribution < -0.4 is 0 Å². The Morgan fingerprint density at radius 3 is 2.55 bits per heavy atom. The number of methoxy groups -OCH3 is 1. The van der Waals surface area contributed by atoms with Crippen LogP contribution in [0.4, 0.5) is 0 Å². The molecule has 2 heterocycles. The number of carbonyl (C=O) groups is 1. The van der Waals surface area contributed by atoms with E-state index in [1.807, 2.05) is 41.0 Å². The number of carbonyl (C=O) groups excluding carboxylic acids is 1. The second-order valence-electron chi connectivity index (χ2n) is 7.07. The molecule has 0 bridgehead atoms. The van der Waals surface area contributed by atoms with Crippen LogP contribution in [0.1, 0.15) is 32.6 Å². The van der Waals surface area contributed by atoms with Crippen LogP contribution in [0.25, 0.3) is 16.8 Å². The summed E-state index contributed by atoms with van der Waals surface area (Å²) in [5, 5.41) is 5.54. The van der Waals surface area contributed by atoms with E-state index in [-0.39, 0.29) is 5.97 Å². The number of aromatic nitrogens is 2. The minimum atomic E-state index is -0.326. The molecule has 2 aromatic carbocycles. The normalized spacial score (nSPS) is 11.0. The fraction of sp³-hybridized carbons (Fsp3) is 0.167. The summed E-state index contributed by atoms with van der Waals surface area (Å²) >= 11 is 3.51. The molecule has 0 amide bonds. The fourth-order valence-corrected chi connectivity index (χ4v) is 3.91. The van der Waals surface area contributed by atoms with E-state index in [1.54, 1.807) is 0 Å². The van der Waals surface area contributed by atoms with Gasteiger partial charge in [0.15, 0.2) is 0 Å². The first-order valence-electron chi connectivity index (χ1n) is 9.39. The van der Waals surface area contributed by atoms with Crippen LogP contribution in [-0.4, -0.2) is 22.7 Å². The van der Waals surface area contributed by atoms with Gasteiger partial charge in [0.2, 0.25) is 0 Å². The smallest absolute Gasteiger partial charge is 0.337 e. The van der Waals surface area contributed by atoms with Crippen molar-refractivity contribution in [3.63, 3.8) is 0 Å². The monoisotopic (exact) mass is 448 g/mol. The number of benzene rings is 2. The molecule has 0 atom stereocenters. The summed E-state index contributed by atoms with van der Waals surface area (Å²) in [4.78, 5) is 12.1. The summed E-state index contributed by atoms with van der Waals surface area (Å²) in [6.45, 7) is 2.06. The highest BCUT2D eigenvalue weighted by atomic mass is 79.9. The minimum Gasteiger partial charge on any atom is -0.465 e. The summed E-state index contributed by atoms with van der Waals surface area (Å²) in [7, 11) is 1.41. The summed E-state index contributed by atoms with van der Waals surface area (Å²) in [6, 6.07) is 20.3. The Hall–Kier alpha value is -2.92. The van der Waals surface area contributed by atoms with Crippen LogP contribution in [-0.2, 0) is 16.5 Å². The molecule has 0 N–H and O–H groups in total. The Balaban J connectivity index is 1.87. The molecule has 0 aliphatic carbocycles. The largest absolute Gasteiger partial charge is 0.465 e. The molecule has 0 aliphatic rings. The molecule has 0 aliphatic heterocycles. The van der Waals surface area contributed by atoms with Gasteiger partial charge in [-0.1, -0.05) is 58.4 Å². The van der Waals surface area contributed by atoms with E-state index in [4.69, 9.17) is 9.84 Å². The molecule has 29 heavy (non-hydrogen) atoms. The van der Waals surface area contributed by atoms with Gasteiger partial charge < -0.3 is 4.74 Å². The zero-order chi connectivity index (χ0) is 20.4. The third-order valence-corrected chi connectivity index (χ3v) is 5.58. The summed E-state index contributed by atoms with van der Waals surface area (Å²) in [5.41, 5.74) is 8.05. The Morgan fingerprint density at radius 2 is 1.83 bits per heavy atom. The molecule has 0 fully saturated rings. The second-order valence-corrected chi connectivity index (χ2v) is 7.63. The van der Waals surface area contributed by atoms with Crippen molar-refractivity contribution in [1.82, 2.24) is 9.61 Å². The number of ether oxygens (including phenoxy) is 1. The number of alkyl halides is 1. The fourth-order valence-electron chi connectivity index (χ4n) is 3.59.